The van der Waals surface area contributed by atoms with Crippen LogP contribution in [0.2, 0.25) is 0 Å². The summed E-state index contributed by atoms with van der Waals surface area (Å²) in [5.41, 5.74) is -1.31. The number of aryl methyl sites for hydroxylation is 1. The van der Waals surface area contributed by atoms with E-state index in [0.29, 0.717) is 82.7 Å². The number of hydrogen-bond donors (Lipinski definition) is 7. The number of hydrogen-bond acceptors (Lipinski definition) is 15. The number of ether oxygens (including phenoxy) is 5. The fraction of sp³-hybridized carbons (Fsp3) is 0.724. The Morgan fingerprint density at radius 2 is 1.71 bits per heavy atom. The van der Waals surface area contributed by atoms with Gasteiger partial charge in [0.15, 0.2) is 17.8 Å². The van der Waals surface area contributed by atoms with Gasteiger partial charge in [-0.05, 0) is 19.8 Å². The number of carbonyl (C=O) groups is 1. The van der Waals surface area contributed by atoms with Crippen molar-refractivity contribution in [2.45, 2.75) is 62.4 Å². The average molecular weight is 763 g/mol. The zero-order valence-corrected chi connectivity index (χ0v) is 29.7. The number of aromatic nitrogens is 4. The molecule has 284 valence electrons. The number of anilines is 1. The summed E-state index contributed by atoms with van der Waals surface area (Å²) >= 11 is 0. The summed E-state index contributed by atoms with van der Waals surface area (Å²) in [7, 11) is -9.60. The van der Waals surface area contributed by atoms with E-state index in [1.165, 1.54) is 10.9 Å². The molecule has 20 nitrogen and oxygen atoms in total. The molecule has 3 aliphatic rings. The topological polar surface area (TPSA) is 275 Å². The molecule has 5 rings (SSSR count). The number of carbonyl (C=O) groups excluding carboxylic acids is 1. The molecule has 1 saturated heterocycles. The molecule has 0 radical (unpaired) electrons. The van der Waals surface area contributed by atoms with Crippen molar-refractivity contribution in [1.29, 1.82) is 0 Å². The quantitative estimate of drug-likeness (QED) is 0.0468. The summed E-state index contributed by atoms with van der Waals surface area (Å²) < 4.78 is 57.1. The Kier molecular flexibility index (Phi) is 13.2. The maximum absolute atomic E-state index is 12.6. The third-order valence-electron chi connectivity index (χ3n) is 8.50. The van der Waals surface area contributed by atoms with Crippen LogP contribution in [0.15, 0.2) is 6.20 Å². The van der Waals surface area contributed by atoms with Gasteiger partial charge in [-0.25, -0.2) is 14.6 Å². The summed E-state index contributed by atoms with van der Waals surface area (Å²) in [5, 5.41) is 32.7. The molecule has 3 fully saturated rings. The maximum Gasteiger partial charge on any atom is 0.340 e. The van der Waals surface area contributed by atoms with E-state index in [9.17, 15) is 29.0 Å². The van der Waals surface area contributed by atoms with Crippen LogP contribution < -0.4 is 10.6 Å². The Morgan fingerprint density at radius 3 is 2.35 bits per heavy atom. The van der Waals surface area contributed by atoms with Crippen LogP contribution in [-0.4, -0.2) is 146 Å². The molecular weight excluding hydrogens is 718 g/mol. The minimum absolute atomic E-state index is 0.0560. The number of aliphatic hydroxyl groups is 2. The Labute approximate surface area is 293 Å². The van der Waals surface area contributed by atoms with Gasteiger partial charge < -0.3 is 63.7 Å². The number of nitrogens with zero attached hydrogens (tertiary/aromatic N) is 4. The number of fused-ring (bicyclic) bond motifs is 1. The fourth-order valence-electron chi connectivity index (χ4n) is 5.92. The minimum Gasteiger partial charge on any atom is -0.387 e. The van der Waals surface area contributed by atoms with E-state index in [2.05, 4.69) is 31.6 Å². The van der Waals surface area contributed by atoms with Crippen molar-refractivity contribution in [3.8, 4) is 12.3 Å². The lowest BCUT2D eigenvalue weighted by Gasteiger charge is -2.35. The van der Waals surface area contributed by atoms with Gasteiger partial charge in [-0.1, -0.05) is 5.92 Å². The summed E-state index contributed by atoms with van der Waals surface area (Å²) in [4.78, 5) is 49.6. The second-order valence-corrected chi connectivity index (χ2v) is 16.4. The van der Waals surface area contributed by atoms with Crippen LogP contribution in [0.5, 0.6) is 0 Å². The first kappa shape index (κ1) is 39.6. The summed E-state index contributed by atoms with van der Waals surface area (Å²) in [6.45, 7) is 5.17. The van der Waals surface area contributed by atoms with Crippen molar-refractivity contribution in [3.05, 3.63) is 12.0 Å². The largest absolute Gasteiger partial charge is 0.387 e. The predicted molar refractivity (Wildman–Crippen MR) is 176 cm³/mol. The Balaban J connectivity index is 1.04. The van der Waals surface area contributed by atoms with E-state index in [-0.39, 0.29) is 36.5 Å². The van der Waals surface area contributed by atoms with Gasteiger partial charge in [0.05, 0.1) is 57.8 Å². The van der Waals surface area contributed by atoms with Gasteiger partial charge in [0.1, 0.15) is 42.2 Å². The maximum atomic E-state index is 12.6. The van der Waals surface area contributed by atoms with Crippen molar-refractivity contribution in [1.82, 2.24) is 25.1 Å². The average Bonchev–Trinajstić information content (AvgIpc) is 3.42. The van der Waals surface area contributed by atoms with E-state index < -0.39 is 51.2 Å². The zero-order chi connectivity index (χ0) is 36.8. The number of aliphatic hydroxyl groups excluding tert-OH is 2. The first-order chi connectivity index (χ1) is 24.2. The summed E-state index contributed by atoms with van der Waals surface area (Å²) in [6, 6.07) is -0.0560. The van der Waals surface area contributed by atoms with E-state index in [0.717, 1.165) is 0 Å². The lowest BCUT2D eigenvalue weighted by molar-refractivity contribution is -0.127. The third-order valence-corrected chi connectivity index (χ3v) is 12.0. The highest BCUT2D eigenvalue weighted by Gasteiger charge is 2.71. The van der Waals surface area contributed by atoms with Gasteiger partial charge in [0.25, 0.3) is 0 Å². The lowest BCUT2D eigenvalue weighted by Crippen LogP contribution is -2.45. The van der Waals surface area contributed by atoms with E-state index in [4.69, 9.17) is 44.4 Å². The second-order valence-electron chi connectivity index (χ2n) is 12.5. The molecule has 1 amide bonds. The zero-order valence-electron chi connectivity index (χ0n) is 27.9. The highest BCUT2D eigenvalue weighted by molar-refractivity contribution is 7.70. The van der Waals surface area contributed by atoms with Gasteiger partial charge in [-0.2, -0.15) is 5.10 Å². The predicted octanol–water partition coefficient (Wildman–Crippen LogP) is -0.760. The van der Waals surface area contributed by atoms with Crippen LogP contribution in [0.25, 0.3) is 11.0 Å². The van der Waals surface area contributed by atoms with Crippen molar-refractivity contribution >= 4 is 37.9 Å². The van der Waals surface area contributed by atoms with Crippen LogP contribution in [-0.2, 0) is 42.1 Å². The first-order valence-corrected chi connectivity index (χ1v) is 19.9. The van der Waals surface area contributed by atoms with Crippen LogP contribution in [0, 0.1) is 25.2 Å². The monoisotopic (exact) mass is 762 g/mol. The Bertz CT molecular complexity index is 1650. The van der Waals surface area contributed by atoms with Crippen LogP contribution in [0.4, 0.5) is 5.82 Å². The Morgan fingerprint density at radius 1 is 1.06 bits per heavy atom. The molecule has 2 aromatic rings. The van der Waals surface area contributed by atoms with Crippen molar-refractivity contribution in [2.24, 2.45) is 5.92 Å². The van der Waals surface area contributed by atoms with Crippen LogP contribution in [0.3, 0.4) is 0 Å². The summed E-state index contributed by atoms with van der Waals surface area (Å²) in [6.07, 6.45) is 2.01. The SMILES string of the molecule is C#CCOCCOCCOCCOCCNC(=O)C1CC(Nc2nc(C)nc3c2cnn3[C@@H]2OC3(C[C@@H]3OP(=O)(O)CP(=O)(O)O)[C@@H](O)[C@H]2O)C1. The molecule has 22 heteroatoms. The molecular formula is C29H44N6O14P2. The van der Waals surface area contributed by atoms with Gasteiger partial charge in [-0.15, -0.1) is 6.42 Å². The molecule has 0 bridgehead atoms. The number of nitrogens with one attached hydrogen (secondary N) is 2. The van der Waals surface area contributed by atoms with Gasteiger partial charge in [0.2, 0.25) is 5.91 Å². The molecule has 2 unspecified atom stereocenters. The first-order valence-electron chi connectivity index (χ1n) is 16.3. The number of amides is 1. The molecule has 6 atom stereocenters. The van der Waals surface area contributed by atoms with E-state index in [1.54, 1.807) is 6.92 Å². The standard InChI is InChI=1S/C29H44N6O14P2/c1-3-5-44-7-9-46-11-12-47-10-8-45-6-4-30-27(38)19-13-20(14-19)34-25-21-16-31-35(26(21)33-18(2)32-25)28-23(36)24(37)29(48-28)15-22(29)49-51(42,43)17-50(39,40)41/h1,16,19-20,22-24,28,36-37H,4-15,17H2,2H3,(H,30,38)(H,42,43)(H,32,33,34)(H2,39,40,41)/t19?,20?,22-,23+,24-,28+,29?/m0/s1. The molecule has 1 aliphatic heterocycles. The number of terminal acetylenes is 1. The lowest BCUT2D eigenvalue weighted by atomic mass is 9.79. The molecule has 2 aliphatic carbocycles. The molecule has 3 heterocycles. The minimum atomic E-state index is -4.87. The summed E-state index contributed by atoms with van der Waals surface area (Å²) in [5.74, 6) is 1.55. The number of rotatable bonds is 21. The molecule has 7 N–H and O–H groups in total. The van der Waals surface area contributed by atoms with Crippen molar-refractivity contribution in [2.75, 3.05) is 70.6 Å². The van der Waals surface area contributed by atoms with E-state index in [1.807, 2.05) is 0 Å². The smallest absolute Gasteiger partial charge is 0.340 e. The van der Waals surface area contributed by atoms with Gasteiger partial charge in [-0.3, -0.25) is 13.9 Å². The van der Waals surface area contributed by atoms with E-state index >= 15 is 0 Å². The normalized spacial score (nSPS) is 28.3. The van der Waals surface area contributed by atoms with Crippen molar-refractivity contribution < 1.29 is 67.0 Å². The molecule has 51 heavy (non-hydrogen) atoms. The molecule has 2 aromatic heterocycles. The molecule has 1 spiro atoms. The van der Waals surface area contributed by atoms with Crippen LogP contribution in [0.1, 0.15) is 31.3 Å². The third kappa shape index (κ3) is 10.3. The van der Waals surface area contributed by atoms with Crippen molar-refractivity contribution in [3.63, 3.8) is 0 Å². The fourth-order valence-corrected chi connectivity index (χ4v) is 8.70. The highest BCUT2D eigenvalue weighted by atomic mass is 31.2. The second kappa shape index (κ2) is 17.0. The van der Waals surface area contributed by atoms with Crippen LogP contribution >= 0.6 is 15.2 Å². The Hall–Kier alpha value is -2.60. The van der Waals surface area contributed by atoms with Gasteiger partial charge in [0, 0.05) is 24.9 Å². The highest BCUT2D eigenvalue weighted by Crippen LogP contribution is 2.63. The molecule has 0 aromatic carbocycles. The molecule has 2 saturated carbocycles. The van der Waals surface area contributed by atoms with Gasteiger partial charge >= 0.3 is 15.2 Å².